The molecule has 5 atom stereocenters. The van der Waals surface area contributed by atoms with E-state index in [9.17, 15) is 28.0 Å². The Labute approximate surface area is 203 Å². The van der Waals surface area contributed by atoms with E-state index in [1.54, 1.807) is 33.0 Å². The van der Waals surface area contributed by atoms with Crippen molar-refractivity contribution in [1.29, 1.82) is 0 Å². The number of carbonyl (C=O) groups excluding carboxylic acids is 4. The fourth-order valence-electron chi connectivity index (χ4n) is 4.62. The van der Waals surface area contributed by atoms with Crippen molar-refractivity contribution in [1.82, 2.24) is 25.8 Å². The maximum Gasteiger partial charge on any atom is 0.254 e. The maximum absolute atomic E-state index is 13.6. The van der Waals surface area contributed by atoms with Crippen molar-refractivity contribution >= 4 is 23.6 Å². The van der Waals surface area contributed by atoms with Crippen LogP contribution in [-0.4, -0.2) is 84.4 Å². The molecular weight excluding hydrogens is 460 g/mol. The molecule has 1 aromatic rings. The molecular formula is C24H33F2N5O4. The van der Waals surface area contributed by atoms with Gasteiger partial charge in [-0.1, -0.05) is 12.1 Å². The molecule has 0 bridgehead atoms. The Hall–Kier alpha value is -3.08. The third-order valence-corrected chi connectivity index (χ3v) is 6.83. The molecule has 2 aliphatic rings. The van der Waals surface area contributed by atoms with Crippen molar-refractivity contribution in [3.8, 4) is 0 Å². The Balaban J connectivity index is 1.80. The molecule has 2 saturated heterocycles. The molecule has 3 rings (SSSR count). The molecule has 0 radical (unpaired) electrons. The number of hydrogen-bond acceptors (Lipinski definition) is 5. The van der Waals surface area contributed by atoms with Gasteiger partial charge in [0.25, 0.3) is 5.91 Å². The Morgan fingerprint density at radius 3 is 2.43 bits per heavy atom. The van der Waals surface area contributed by atoms with Crippen LogP contribution in [0.25, 0.3) is 0 Å². The van der Waals surface area contributed by atoms with Gasteiger partial charge in [-0.15, -0.1) is 0 Å². The van der Waals surface area contributed by atoms with Crippen LogP contribution in [0.1, 0.15) is 44.7 Å². The van der Waals surface area contributed by atoms with Gasteiger partial charge in [-0.05, 0) is 57.9 Å². The van der Waals surface area contributed by atoms with Crippen LogP contribution >= 0.6 is 0 Å². The summed E-state index contributed by atoms with van der Waals surface area (Å²) in [6.45, 7) is 2.25. The standard InChI is InChI=1S/C24H33F2N5O4/c1-14(16-4-6-17(26)7-5-16)28-23(34)20-9-8-18-10-11-30(21(32)12-25)13-19(24(35)31(18)20)29-22(33)15(2)27-3/h4-7,14-15,18-20,27H,8-13H2,1-3H3,(H,28,34)(H,29,33)/t14-,15+,18-,19+,20+/m1/s1. The molecule has 0 aliphatic carbocycles. The molecule has 0 unspecified atom stereocenters. The first kappa shape index (κ1) is 26.5. The zero-order valence-corrected chi connectivity index (χ0v) is 20.2. The lowest BCUT2D eigenvalue weighted by Gasteiger charge is -2.39. The first-order valence-corrected chi connectivity index (χ1v) is 11.9. The van der Waals surface area contributed by atoms with Gasteiger partial charge in [-0.3, -0.25) is 19.2 Å². The van der Waals surface area contributed by atoms with Crippen molar-refractivity contribution in [2.45, 2.75) is 63.3 Å². The summed E-state index contributed by atoms with van der Waals surface area (Å²) in [7, 11) is 1.60. The third-order valence-electron chi connectivity index (χ3n) is 6.83. The number of halogens is 2. The molecule has 9 nitrogen and oxygen atoms in total. The molecule has 2 heterocycles. The molecule has 2 aliphatic heterocycles. The number of rotatable bonds is 7. The summed E-state index contributed by atoms with van der Waals surface area (Å²) in [4.78, 5) is 54.3. The highest BCUT2D eigenvalue weighted by Crippen LogP contribution is 2.30. The van der Waals surface area contributed by atoms with Crippen molar-refractivity contribution in [2.75, 3.05) is 26.8 Å². The zero-order chi connectivity index (χ0) is 25.7. The van der Waals surface area contributed by atoms with E-state index in [0.717, 1.165) is 5.56 Å². The SMILES string of the molecule is CN[C@@H](C)C(=O)N[C@H]1CN(C(=O)CF)CC[C@H]2CC[C@@H](C(=O)N[C@H](C)c3ccc(F)cc3)N2C1=O. The lowest BCUT2D eigenvalue weighted by Crippen LogP contribution is -2.62. The average Bonchev–Trinajstić information content (AvgIpc) is 3.27. The molecule has 2 fully saturated rings. The van der Waals surface area contributed by atoms with Gasteiger partial charge in [-0.2, -0.15) is 0 Å². The number of benzene rings is 1. The normalized spacial score (nSPS) is 24.1. The molecule has 0 aromatic heterocycles. The monoisotopic (exact) mass is 493 g/mol. The van der Waals surface area contributed by atoms with E-state index < -0.39 is 48.6 Å². The highest BCUT2D eigenvalue weighted by atomic mass is 19.1. The minimum atomic E-state index is -1.19. The van der Waals surface area contributed by atoms with Crippen molar-refractivity contribution in [3.05, 3.63) is 35.6 Å². The quantitative estimate of drug-likeness (QED) is 0.517. The average molecular weight is 494 g/mol. The summed E-state index contributed by atoms with van der Waals surface area (Å²) in [5.74, 6) is -2.38. The predicted molar refractivity (Wildman–Crippen MR) is 124 cm³/mol. The fraction of sp³-hybridized carbons (Fsp3) is 0.583. The van der Waals surface area contributed by atoms with E-state index in [1.807, 2.05) is 0 Å². The Bertz CT molecular complexity index is 944. The van der Waals surface area contributed by atoms with Crippen LogP contribution in [0.15, 0.2) is 24.3 Å². The first-order chi connectivity index (χ1) is 16.7. The lowest BCUT2D eigenvalue weighted by atomic mass is 10.1. The van der Waals surface area contributed by atoms with E-state index in [-0.39, 0.29) is 30.9 Å². The molecule has 3 N–H and O–H groups in total. The van der Waals surface area contributed by atoms with E-state index in [0.29, 0.717) is 19.3 Å². The fourth-order valence-corrected chi connectivity index (χ4v) is 4.62. The van der Waals surface area contributed by atoms with Gasteiger partial charge in [-0.25, -0.2) is 8.78 Å². The van der Waals surface area contributed by atoms with E-state index in [2.05, 4.69) is 16.0 Å². The summed E-state index contributed by atoms with van der Waals surface area (Å²) in [5.41, 5.74) is 0.722. The van der Waals surface area contributed by atoms with Gasteiger partial charge in [0, 0.05) is 19.1 Å². The predicted octanol–water partition coefficient (Wildman–Crippen LogP) is 0.657. The topological polar surface area (TPSA) is 111 Å². The smallest absolute Gasteiger partial charge is 0.254 e. The maximum atomic E-state index is 13.6. The van der Waals surface area contributed by atoms with Gasteiger partial charge in [0.05, 0.1) is 12.1 Å². The number of nitrogens with zero attached hydrogens (tertiary/aromatic N) is 2. The number of hydrogen-bond donors (Lipinski definition) is 3. The summed E-state index contributed by atoms with van der Waals surface area (Å²) < 4.78 is 26.4. The second-order valence-corrected chi connectivity index (χ2v) is 9.11. The Morgan fingerprint density at radius 2 is 1.80 bits per heavy atom. The van der Waals surface area contributed by atoms with Crippen LogP contribution < -0.4 is 16.0 Å². The second-order valence-electron chi connectivity index (χ2n) is 9.11. The van der Waals surface area contributed by atoms with Gasteiger partial charge < -0.3 is 25.8 Å². The van der Waals surface area contributed by atoms with E-state index in [1.165, 1.54) is 21.9 Å². The molecule has 35 heavy (non-hydrogen) atoms. The first-order valence-electron chi connectivity index (χ1n) is 11.9. The Kier molecular flexibility index (Phi) is 8.76. The number of carbonyl (C=O) groups is 4. The number of nitrogens with one attached hydrogen (secondary N) is 3. The molecule has 0 spiro atoms. The minimum absolute atomic E-state index is 0.173. The van der Waals surface area contributed by atoms with Gasteiger partial charge in [0.2, 0.25) is 17.7 Å². The largest absolute Gasteiger partial charge is 0.348 e. The van der Waals surface area contributed by atoms with Crippen LogP contribution in [0, 0.1) is 5.82 Å². The minimum Gasteiger partial charge on any atom is -0.348 e. The van der Waals surface area contributed by atoms with Crippen molar-refractivity contribution in [3.63, 3.8) is 0 Å². The lowest BCUT2D eigenvalue weighted by molar-refractivity contribution is -0.147. The highest BCUT2D eigenvalue weighted by molar-refractivity contribution is 5.94. The van der Waals surface area contributed by atoms with Crippen molar-refractivity contribution < 1.29 is 28.0 Å². The van der Waals surface area contributed by atoms with Crippen LogP contribution in [0.4, 0.5) is 8.78 Å². The second kappa shape index (κ2) is 11.6. The molecule has 0 saturated carbocycles. The number of amides is 4. The summed E-state index contributed by atoms with van der Waals surface area (Å²) >= 11 is 0. The van der Waals surface area contributed by atoms with Gasteiger partial charge in [0.15, 0.2) is 6.67 Å². The number of fused-ring (bicyclic) bond motifs is 1. The summed E-state index contributed by atoms with van der Waals surface area (Å²) in [6, 6.07) is 2.62. The highest BCUT2D eigenvalue weighted by Gasteiger charge is 2.45. The van der Waals surface area contributed by atoms with Gasteiger partial charge >= 0.3 is 0 Å². The van der Waals surface area contributed by atoms with Crippen molar-refractivity contribution in [2.24, 2.45) is 0 Å². The van der Waals surface area contributed by atoms with Crippen LogP contribution in [-0.2, 0) is 19.2 Å². The Morgan fingerprint density at radius 1 is 1.11 bits per heavy atom. The van der Waals surface area contributed by atoms with Crippen LogP contribution in [0.2, 0.25) is 0 Å². The molecule has 11 heteroatoms. The molecule has 1 aromatic carbocycles. The van der Waals surface area contributed by atoms with E-state index >= 15 is 0 Å². The summed E-state index contributed by atoms with van der Waals surface area (Å²) in [5, 5.41) is 8.35. The summed E-state index contributed by atoms with van der Waals surface area (Å²) in [6.07, 6.45) is 1.37. The van der Waals surface area contributed by atoms with Crippen LogP contribution in [0.5, 0.6) is 0 Å². The molecule has 192 valence electrons. The number of alkyl halides is 1. The van der Waals surface area contributed by atoms with Gasteiger partial charge in [0.1, 0.15) is 17.9 Å². The third kappa shape index (κ3) is 6.14. The zero-order valence-electron chi connectivity index (χ0n) is 20.2. The number of likely N-dealkylation sites (N-methyl/N-ethyl adjacent to an activating group) is 1. The molecule has 4 amide bonds. The van der Waals surface area contributed by atoms with Crippen LogP contribution in [0.3, 0.4) is 0 Å². The van der Waals surface area contributed by atoms with E-state index in [4.69, 9.17) is 0 Å².